The van der Waals surface area contributed by atoms with Gasteiger partial charge < -0.3 is 4.74 Å². The monoisotopic (exact) mass is 385 g/mol. The number of ether oxygens (including phenoxy) is 1. The fraction of sp³-hybridized carbons (Fsp3) is 0.125. The number of hydrogen-bond donors (Lipinski definition) is 0. The standard InChI is InChI=1S/C8H5I2NO/c9-6-1-2-7(10)8(5-6)12-4-3-11/h1-2,5H,4H2. The number of hydrogen-bond acceptors (Lipinski definition) is 2. The van der Waals surface area contributed by atoms with Crippen molar-refractivity contribution in [2.75, 3.05) is 6.61 Å². The molecule has 12 heavy (non-hydrogen) atoms. The molecule has 0 saturated heterocycles. The van der Waals surface area contributed by atoms with Crippen molar-refractivity contribution in [3.63, 3.8) is 0 Å². The van der Waals surface area contributed by atoms with Gasteiger partial charge in [0.2, 0.25) is 0 Å². The highest BCUT2D eigenvalue weighted by molar-refractivity contribution is 14.1. The largest absolute Gasteiger partial charge is 0.478 e. The van der Waals surface area contributed by atoms with Crippen LogP contribution >= 0.6 is 45.2 Å². The number of rotatable bonds is 2. The lowest BCUT2D eigenvalue weighted by Crippen LogP contribution is -1.95. The SMILES string of the molecule is N#CCOc1cc(I)ccc1I. The third-order valence-corrected chi connectivity index (χ3v) is 2.75. The van der Waals surface area contributed by atoms with E-state index in [0.29, 0.717) is 0 Å². The van der Waals surface area contributed by atoms with Crippen molar-refractivity contribution >= 4 is 45.2 Å². The number of nitrogens with zero attached hydrogens (tertiary/aromatic N) is 1. The predicted molar refractivity (Wildman–Crippen MR) is 63.0 cm³/mol. The third-order valence-electron chi connectivity index (χ3n) is 1.19. The first-order chi connectivity index (χ1) is 5.74. The Morgan fingerprint density at radius 3 is 2.83 bits per heavy atom. The van der Waals surface area contributed by atoms with E-state index >= 15 is 0 Å². The van der Waals surface area contributed by atoms with Gasteiger partial charge in [-0.2, -0.15) is 5.26 Å². The molecule has 0 aliphatic heterocycles. The summed E-state index contributed by atoms with van der Waals surface area (Å²) in [6.07, 6.45) is 0. The lowest BCUT2D eigenvalue weighted by Gasteiger charge is -2.03. The second-order valence-electron chi connectivity index (χ2n) is 2.02. The second-order valence-corrected chi connectivity index (χ2v) is 4.43. The molecule has 0 saturated carbocycles. The zero-order chi connectivity index (χ0) is 8.97. The molecule has 4 heteroatoms. The van der Waals surface area contributed by atoms with Crippen LogP contribution in [0.1, 0.15) is 0 Å². The minimum atomic E-state index is 0.107. The van der Waals surface area contributed by atoms with Crippen LogP contribution in [-0.2, 0) is 0 Å². The number of halogens is 2. The van der Waals surface area contributed by atoms with E-state index in [2.05, 4.69) is 45.2 Å². The molecule has 2 nitrogen and oxygen atoms in total. The summed E-state index contributed by atoms with van der Waals surface area (Å²) in [7, 11) is 0. The molecular formula is C8H5I2NO. The van der Waals surface area contributed by atoms with Gasteiger partial charge in [0.25, 0.3) is 0 Å². The zero-order valence-corrected chi connectivity index (χ0v) is 10.4. The van der Waals surface area contributed by atoms with Gasteiger partial charge in [0.1, 0.15) is 11.8 Å². The summed E-state index contributed by atoms with van der Waals surface area (Å²) in [6.45, 7) is 0.107. The number of nitriles is 1. The van der Waals surface area contributed by atoms with E-state index in [1.807, 2.05) is 24.3 Å². The molecule has 0 radical (unpaired) electrons. The van der Waals surface area contributed by atoms with Crippen molar-refractivity contribution in [2.24, 2.45) is 0 Å². The lowest BCUT2D eigenvalue weighted by atomic mass is 10.3. The van der Waals surface area contributed by atoms with E-state index in [9.17, 15) is 0 Å². The van der Waals surface area contributed by atoms with Crippen molar-refractivity contribution in [3.05, 3.63) is 25.3 Å². The molecule has 0 spiro atoms. The van der Waals surface area contributed by atoms with Crippen LogP contribution in [0, 0.1) is 18.5 Å². The lowest BCUT2D eigenvalue weighted by molar-refractivity contribution is 0.365. The molecule has 1 aromatic carbocycles. The molecule has 0 unspecified atom stereocenters. The Balaban J connectivity index is 2.84. The van der Waals surface area contributed by atoms with Crippen LogP contribution in [0.4, 0.5) is 0 Å². The Hall–Kier alpha value is -0.0300. The minimum absolute atomic E-state index is 0.107. The van der Waals surface area contributed by atoms with Gasteiger partial charge in [-0.3, -0.25) is 0 Å². The summed E-state index contributed by atoms with van der Waals surface area (Å²) in [4.78, 5) is 0. The maximum absolute atomic E-state index is 8.31. The van der Waals surface area contributed by atoms with Gasteiger partial charge in [0, 0.05) is 3.57 Å². The summed E-state index contributed by atoms with van der Waals surface area (Å²) < 4.78 is 7.34. The van der Waals surface area contributed by atoms with Crippen molar-refractivity contribution in [1.29, 1.82) is 5.26 Å². The van der Waals surface area contributed by atoms with Crippen molar-refractivity contribution in [3.8, 4) is 11.8 Å². The fourth-order valence-corrected chi connectivity index (χ4v) is 1.65. The predicted octanol–water partition coefficient (Wildman–Crippen LogP) is 2.80. The molecule has 0 bridgehead atoms. The topological polar surface area (TPSA) is 33.0 Å². The molecule has 0 aromatic heterocycles. The summed E-state index contributed by atoms with van der Waals surface area (Å²) in [5.74, 6) is 0.782. The van der Waals surface area contributed by atoms with Crippen molar-refractivity contribution < 1.29 is 4.74 Å². The van der Waals surface area contributed by atoms with Crippen LogP contribution in [0.5, 0.6) is 5.75 Å². The molecule has 0 aliphatic carbocycles. The third kappa shape index (κ3) is 2.79. The van der Waals surface area contributed by atoms with E-state index in [1.165, 1.54) is 0 Å². The molecule has 62 valence electrons. The minimum Gasteiger partial charge on any atom is -0.478 e. The highest BCUT2D eigenvalue weighted by Gasteiger charge is 2.00. The van der Waals surface area contributed by atoms with Gasteiger partial charge in [-0.15, -0.1) is 0 Å². The van der Waals surface area contributed by atoms with E-state index in [4.69, 9.17) is 10.00 Å². The van der Waals surface area contributed by atoms with Gasteiger partial charge in [-0.1, -0.05) is 0 Å². The van der Waals surface area contributed by atoms with Gasteiger partial charge in [0.15, 0.2) is 6.61 Å². The Labute approximate surface area is 98.2 Å². The molecule has 1 aromatic rings. The fourth-order valence-electron chi connectivity index (χ4n) is 0.698. The molecule has 0 N–H and O–H groups in total. The molecule has 0 fully saturated rings. The Morgan fingerprint density at radius 2 is 2.17 bits per heavy atom. The van der Waals surface area contributed by atoms with Crippen LogP contribution in [-0.4, -0.2) is 6.61 Å². The first kappa shape index (κ1) is 10.1. The van der Waals surface area contributed by atoms with E-state index < -0.39 is 0 Å². The van der Waals surface area contributed by atoms with Gasteiger partial charge in [0.05, 0.1) is 3.57 Å². The van der Waals surface area contributed by atoms with E-state index in [1.54, 1.807) is 0 Å². The van der Waals surface area contributed by atoms with Gasteiger partial charge >= 0.3 is 0 Å². The molecule has 0 atom stereocenters. The van der Waals surface area contributed by atoms with Gasteiger partial charge in [-0.25, -0.2) is 0 Å². The average molecular weight is 385 g/mol. The summed E-state index contributed by atoms with van der Waals surface area (Å²) in [5.41, 5.74) is 0. The zero-order valence-electron chi connectivity index (χ0n) is 6.05. The van der Waals surface area contributed by atoms with Crippen molar-refractivity contribution in [2.45, 2.75) is 0 Å². The molecule has 1 rings (SSSR count). The molecule has 0 amide bonds. The van der Waals surface area contributed by atoms with Crippen LogP contribution in [0.15, 0.2) is 18.2 Å². The first-order valence-electron chi connectivity index (χ1n) is 3.19. The maximum Gasteiger partial charge on any atom is 0.174 e. The van der Waals surface area contributed by atoms with E-state index in [0.717, 1.165) is 12.9 Å². The molecule has 0 aliphatic rings. The average Bonchev–Trinajstić information content (AvgIpc) is 2.07. The van der Waals surface area contributed by atoms with Crippen LogP contribution in [0.25, 0.3) is 0 Å². The first-order valence-corrected chi connectivity index (χ1v) is 5.34. The summed E-state index contributed by atoms with van der Waals surface area (Å²) in [6, 6.07) is 7.82. The smallest absolute Gasteiger partial charge is 0.174 e. The van der Waals surface area contributed by atoms with Crippen LogP contribution in [0.3, 0.4) is 0 Å². The molecular weight excluding hydrogens is 380 g/mol. The van der Waals surface area contributed by atoms with Crippen LogP contribution in [0.2, 0.25) is 0 Å². The van der Waals surface area contributed by atoms with Gasteiger partial charge in [-0.05, 0) is 63.4 Å². The maximum atomic E-state index is 8.31. The van der Waals surface area contributed by atoms with Crippen LogP contribution < -0.4 is 4.74 Å². The normalized spacial score (nSPS) is 9.08. The Bertz CT molecular complexity index is 319. The highest BCUT2D eigenvalue weighted by Crippen LogP contribution is 2.22. The summed E-state index contributed by atoms with van der Waals surface area (Å²) >= 11 is 4.39. The van der Waals surface area contributed by atoms with Crippen molar-refractivity contribution in [1.82, 2.24) is 0 Å². The highest BCUT2D eigenvalue weighted by atomic mass is 127. The van der Waals surface area contributed by atoms with E-state index in [-0.39, 0.29) is 6.61 Å². The Morgan fingerprint density at radius 1 is 1.42 bits per heavy atom. The Kier molecular flexibility index (Phi) is 4.08. The molecule has 0 heterocycles. The summed E-state index contributed by atoms with van der Waals surface area (Å²) in [5, 5.41) is 8.31. The quantitative estimate of drug-likeness (QED) is 0.734. The number of benzene rings is 1. The second kappa shape index (κ2) is 4.87.